The summed E-state index contributed by atoms with van der Waals surface area (Å²) in [6.45, 7) is 6.15. The summed E-state index contributed by atoms with van der Waals surface area (Å²) in [6, 6.07) is 31.7. The van der Waals surface area contributed by atoms with Gasteiger partial charge in [-0.15, -0.1) is 0 Å². The van der Waals surface area contributed by atoms with E-state index >= 15 is 0 Å². The molecule has 0 aliphatic carbocycles. The van der Waals surface area contributed by atoms with Crippen molar-refractivity contribution in [2.45, 2.75) is 20.8 Å². The second-order valence-electron chi connectivity index (χ2n) is 7.49. The van der Waals surface area contributed by atoms with Gasteiger partial charge < -0.3 is 5.11 Å². The zero-order valence-corrected chi connectivity index (χ0v) is 16.5. The normalized spacial score (nSPS) is 12.8. The quantitative estimate of drug-likeness (QED) is 0.485. The third-order valence-corrected chi connectivity index (χ3v) is 8.54. The maximum absolute atomic E-state index is 11.0. The molecule has 2 heteroatoms. The lowest BCUT2D eigenvalue weighted by Crippen LogP contribution is -2.30. The SMILES string of the molecule is CC(C)(C)/C(O)=C/[P+](c1ccccc1)(c1ccccc1)c1ccccc1. The average Bonchev–Trinajstić information content (AvgIpc) is 2.67. The van der Waals surface area contributed by atoms with Crippen LogP contribution in [0.2, 0.25) is 0 Å². The first-order valence-corrected chi connectivity index (χ1v) is 10.8. The van der Waals surface area contributed by atoms with Crippen molar-refractivity contribution in [3.05, 3.63) is 103 Å². The Morgan fingerprint density at radius 1 is 0.654 bits per heavy atom. The lowest BCUT2D eigenvalue weighted by atomic mass is 9.95. The fraction of sp³-hybridized carbons (Fsp3) is 0.167. The molecule has 1 nitrogen and oxygen atoms in total. The number of aliphatic hydroxyl groups excluding tert-OH is 1. The maximum atomic E-state index is 11.0. The van der Waals surface area contributed by atoms with Crippen molar-refractivity contribution < 1.29 is 5.11 Å². The van der Waals surface area contributed by atoms with E-state index in [2.05, 4.69) is 99.4 Å². The van der Waals surface area contributed by atoms with E-state index in [4.69, 9.17) is 0 Å². The smallest absolute Gasteiger partial charge is 0.140 e. The highest BCUT2D eigenvalue weighted by Crippen LogP contribution is 2.58. The Hall–Kier alpha value is -2.37. The third-order valence-electron chi connectivity index (χ3n) is 4.57. The predicted molar refractivity (Wildman–Crippen MR) is 115 cm³/mol. The van der Waals surface area contributed by atoms with Gasteiger partial charge in [-0.2, -0.15) is 0 Å². The lowest BCUT2D eigenvalue weighted by molar-refractivity contribution is 0.279. The van der Waals surface area contributed by atoms with Gasteiger partial charge in [0.15, 0.2) is 0 Å². The van der Waals surface area contributed by atoms with Crippen molar-refractivity contribution in [3.8, 4) is 0 Å². The van der Waals surface area contributed by atoms with Crippen LogP contribution in [0.3, 0.4) is 0 Å². The first kappa shape index (κ1) is 18.4. The predicted octanol–water partition coefficient (Wildman–Crippen LogP) is 5.43. The Morgan fingerprint density at radius 3 is 1.23 bits per heavy atom. The molecule has 0 atom stereocenters. The summed E-state index contributed by atoms with van der Waals surface area (Å²) >= 11 is 0. The molecule has 0 aliphatic rings. The van der Waals surface area contributed by atoms with Gasteiger partial charge in [-0.1, -0.05) is 75.4 Å². The van der Waals surface area contributed by atoms with Crippen LogP contribution in [0, 0.1) is 5.41 Å². The van der Waals surface area contributed by atoms with Crippen LogP contribution in [0.15, 0.2) is 103 Å². The molecule has 26 heavy (non-hydrogen) atoms. The van der Waals surface area contributed by atoms with Gasteiger partial charge in [0.2, 0.25) is 0 Å². The molecular formula is C24H26OP+. The maximum Gasteiger partial charge on any atom is 0.140 e. The molecule has 0 radical (unpaired) electrons. The van der Waals surface area contributed by atoms with E-state index in [1.165, 1.54) is 15.9 Å². The van der Waals surface area contributed by atoms with Crippen LogP contribution in [0.4, 0.5) is 0 Å². The highest BCUT2D eigenvalue weighted by molar-refractivity contribution is 7.98. The minimum Gasteiger partial charge on any atom is -0.508 e. The van der Waals surface area contributed by atoms with Gasteiger partial charge >= 0.3 is 0 Å². The zero-order chi connectivity index (χ0) is 18.6. The minimum absolute atomic E-state index is 0.302. The van der Waals surface area contributed by atoms with Crippen LogP contribution < -0.4 is 15.9 Å². The standard InChI is InChI=1S/C24H25OP/c1-24(2,3)23(25)19-26(20-13-7-4-8-14-20,21-15-9-5-10-16-21)22-17-11-6-12-18-22/h4-19H,1-3H3/p+1/b23-19-. The molecule has 0 spiro atoms. The summed E-state index contributed by atoms with van der Waals surface area (Å²) in [6.07, 6.45) is 0. The van der Waals surface area contributed by atoms with Crippen LogP contribution in [-0.2, 0) is 0 Å². The van der Waals surface area contributed by atoms with E-state index in [9.17, 15) is 5.11 Å². The first-order chi connectivity index (χ1) is 12.4. The number of hydrogen-bond donors (Lipinski definition) is 1. The van der Waals surface area contributed by atoms with E-state index < -0.39 is 7.26 Å². The number of aliphatic hydroxyl groups is 1. The van der Waals surface area contributed by atoms with E-state index in [-0.39, 0.29) is 5.41 Å². The highest BCUT2D eigenvalue weighted by atomic mass is 31.2. The first-order valence-electron chi connectivity index (χ1n) is 8.92. The van der Waals surface area contributed by atoms with Crippen molar-refractivity contribution in [1.29, 1.82) is 0 Å². The monoisotopic (exact) mass is 361 g/mol. The van der Waals surface area contributed by atoms with Crippen LogP contribution >= 0.6 is 7.26 Å². The van der Waals surface area contributed by atoms with E-state index in [0.29, 0.717) is 5.76 Å². The molecule has 3 aromatic rings. The van der Waals surface area contributed by atoms with Crippen LogP contribution in [0.1, 0.15) is 20.8 Å². The van der Waals surface area contributed by atoms with E-state index in [1.54, 1.807) is 0 Å². The second kappa shape index (κ2) is 7.48. The van der Waals surface area contributed by atoms with Crippen molar-refractivity contribution in [2.24, 2.45) is 5.41 Å². The molecule has 0 saturated heterocycles. The number of benzene rings is 3. The largest absolute Gasteiger partial charge is 0.508 e. The third kappa shape index (κ3) is 3.59. The van der Waals surface area contributed by atoms with Gasteiger partial charge in [0, 0.05) is 5.41 Å². The molecule has 1 N–H and O–H groups in total. The lowest BCUT2D eigenvalue weighted by Gasteiger charge is -2.26. The zero-order valence-electron chi connectivity index (χ0n) is 15.6. The molecule has 0 aliphatic heterocycles. The molecule has 0 heterocycles. The fourth-order valence-corrected chi connectivity index (χ4v) is 7.06. The number of allylic oxidation sites excluding steroid dienone is 1. The van der Waals surface area contributed by atoms with Crippen LogP contribution in [-0.4, -0.2) is 5.11 Å². The summed E-state index contributed by atoms with van der Waals surface area (Å²) in [5, 5.41) is 14.7. The molecule has 3 rings (SSSR count). The molecular weight excluding hydrogens is 335 g/mol. The van der Waals surface area contributed by atoms with Crippen LogP contribution in [0.5, 0.6) is 0 Å². The van der Waals surface area contributed by atoms with Gasteiger partial charge in [0.1, 0.15) is 34.8 Å². The van der Waals surface area contributed by atoms with Crippen molar-refractivity contribution >= 4 is 23.2 Å². The Morgan fingerprint density at radius 2 is 0.962 bits per heavy atom. The Kier molecular flexibility index (Phi) is 5.30. The Labute approximate surface area is 157 Å². The van der Waals surface area contributed by atoms with Crippen LogP contribution in [0.25, 0.3) is 0 Å². The van der Waals surface area contributed by atoms with Gasteiger partial charge in [0.25, 0.3) is 0 Å². The summed E-state index contributed by atoms with van der Waals surface area (Å²) in [7, 11) is -2.12. The molecule has 0 unspecified atom stereocenters. The molecule has 3 aromatic carbocycles. The fourth-order valence-electron chi connectivity index (χ4n) is 3.04. The summed E-state index contributed by atoms with van der Waals surface area (Å²) in [4.78, 5) is 0. The number of hydrogen-bond acceptors (Lipinski definition) is 1. The van der Waals surface area contributed by atoms with Gasteiger partial charge in [0.05, 0.1) is 0 Å². The summed E-state index contributed by atoms with van der Waals surface area (Å²) < 4.78 is 0. The summed E-state index contributed by atoms with van der Waals surface area (Å²) in [5.41, 5.74) is -0.302. The van der Waals surface area contributed by atoms with Gasteiger partial charge in [-0.25, -0.2) is 0 Å². The molecule has 0 saturated carbocycles. The molecule has 0 bridgehead atoms. The van der Waals surface area contributed by atoms with E-state index in [0.717, 1.165) is 0 Å². The molecule has 132 valence electrons. The van der Waals surface area contributed by atoms with Crippen molar-refractivity contribution in [1.82, 2.24) is 0 Å². The van der Waals surface area contributed by atoms with Gasteiger partial charge in [-0.3, -0.25) is 0 Å². The highest BCUT2D eigenvalue weighted by Gasteiger charge is 2.45. The van der Waals surface area contributed by atoms with E-state index in [1.807, 2.05) is 18.2 Å². The average molecular weight is 361 g/mol. The van der Waals surface area contributed by atoms with Crippen molar-refractivity contribution in [3.63, 3.8) is 0 Å². The molecule has 0 aromatic heterocycles. The van der Waals surface area contributed by atoms with Crippen molar-refractivity contribution in [2.75, 3.05) is 0 Å². The Bertz CT molecular complexity index is 766. The second-order valence-corrected chi connectivity index (χ2v) is 10.7. The topological polar surface area (TPSA) is 20.2 Å². The number of rotatable bonds is 4. The van der Waals surface area contributed by atoms with Gasteiger partial charge in [-0.05, 0) is 36.4 Å². The molecule has 0 fully saturated rings. The summed E-state index contributed by atoms with van der Waals surface area (Å²) in [5.74, 6) is 2.56. The Balaban J connectivity index is 2.40. The molecule has 0 amide bonds. The minimum atomic E-state index is -2.12.